The van der Waals surface area contributed by atoms with Crippen LogP contribution in [0.5, 0.6) is 0 Å². The van der Waals surface area contributed by atoms with E-state index in [2.05, 4.69) is 21.3 Å². The second-order valence-corrected chi connectivity index (χ2v) is 15.6. The van der Waals surface area contributed by atoms with Crippen LogP contribution in [0.4, 0.5) is 0 Å². The van der Waals surface area contributed by atoms with E-state index >= 15 is 0 Å². The third-order valence-corrected chi connectivity index (χ3v) is 9.72. The molecule has 0 saturated carbocycles. The minimum Gasteiger partial charge on any atom is -0.379 e. The lowest BCUT2D eigenvalue weighted by molar-refractivity contribution is -0.158. The Kier molecular flexibility index (Phi) is 16.0. The fraction of sp³-hybridized carbons (Fsp3) is 0.585. The van der Waals surface area contributed by atoms with E-state index < -0.39 is 47.3 Å². The van der Waals surface area contributed by atoms with Gasteiger partial charge in [0.15, 0.2) is 5.78 Å². The lowest BCUT2D eigenvalue weighted by Gasteiger charge is -2.39. The standard InChI is InChI=1S/C41H59N5O7/c1-28(2)22-33(37(48)41(5)26-53-27-41)43-40(51)35(24-31-14-10-7-11-15-31)45-39(50)34(23-29(3)4)44-38(49)32(17-16-30-12-8-6-9-13-30)42-36(47)25-46-18-20-52-21-19-46/h6-15,28-29,32-35H,16-27H2,1-5H3,(H,42,47)(H,43,51)(H,44,49)(H,45,50)/t32-,33?,34?,35-/m0/s1. The van der Waals surface area contributed by atoms with Crippen molar-refractivity contribution in [3.63, 3.8) is 0 Å². The van der Waals surface area contributed by atoms with Crippen molar-refractivity contribution < 1.29 is 33.4 Å². The third kappa shape index (κ3) is 13.3. The van der Waals surface area contributed by atoms with Gasteiger partial charge in [0.2, 0.25) is 23.6 Å². The summed E-state index contributed by atoms with van der Waals surface area (Å²) in [7, 11) is 0. The van der Waals surface area contributed by atoms with Crippen molar-refractivity contribution in [2.24, 2.45) is 17.3 Å². The van der Waals surface area contributed by atoms with Gasteiger partial charge in [-0.25, -0.2) is 0 Å². The second kappa shape index (κ2) is 20.4. The summed E-state index contributed by atoms with van der Waals surface area (Å²) in [5.74, 6) is -1.68. The van der Waals surface area contributed by atoms with Gasteiger partial charge in [-0.2, -0.15) is 0 Å². The monoisotopic (exact) mass is 733 g/mol. The fourth-order valence-corrected chi connectivity index (χ4v) is 6.68. The molecule has 2 saturated heterocycles. The van der Waals surface area contributed by atoms with E-state index in [-0.39, 0.29) is 36.5 Å². The SMILES string of the molecule is CC(C)CC(NC(=O)[C@H](CCc1ccccc1)NC(=O)CN1CCOCC1)C(=O)N[C@@H](Cc1ccccc1)C(=O)NC(CC(C)C)C(=O)C1(C)COC1. The van der Waals surface area contributed by atoms with Crippen molar-refractivity contribution in [2.45, 2.75) is 90.9 Å². The van der Waals surface area contributed by atoms with Crippen molar-refractivity contribution >= 4 is 29.4 Å². The van der Waals surface area contributed by atoms with Gasteiger partial charge in [-0.15, -0.1) is 0 Å². The molecular weight excluding hydrogens is 674 g/mol. The summed E-state index contributed by atoms with van der Waals surface area (Å²) in [6, 6.07) is 15.4. The first-order valence-electron chi connectivity index (χ1n) is 19.0. The van der Waals surface area contributed by atoms with Crippen LogP contribution >= 0.6 is 0 Å². The van der Waals surface area contributed by atoms with Crippen LogP contribution in [0.15, 0.2) is 60.7 Å². The van der Waals surface area contributed by atoms with E-state index in [1.807, 2.05) is 100 Å². The van der Waals surface area contributed by atoms with Crippen molar-refractivity contribution in [1.82, 2.24) is 26.2 Å². The molecule has 4 rings (SSSR count). The smallest absolute Gasteiger partial charge is 0.243 e. The van der Waals surface area contributed by atoms with Gasteiger partial charge < -0.3 is 30.7 Å². The number of hydrogen-bond acceptors (Lipinski definition) is 8. The average molecular weight is 734 g/mol. The summed E-state index contributed by atoms with van der Waals surface area (Å²) < 4.78 is 10.7. The van der Waals surface area contributed by atoms with Crippen LogP contribution in [0.1, 0.15) is 65.0 Å². The molecule has 4 amide bonds. The molecule has 0 radical (unpaired) electrons. The van der Waals surface area contributed by atoms with Crippen LogP contribution in [0.3, 0.4) is 0 Å². The molecule has 0 bridgehead atoms. The quantitative estimate of drug-likeness (QED) is 0.162. The molecule has 4 atom stereocenters. The topological polar surface area (TPSA) is 155 Å². The molecule has 2 unspecified atom stereocenters. The van der Waals surface area contributed by atoms with Gasteiger partial charge in [0.05, 0.1) is 44.4 Å². The molecule has 12 heteroatoms. The summed E-state index contributed by atoms with van der Waals surface area (Å²) >= 11 is 0. The number of amides is 4. The zero-order valence-electron chi connectivity index (χ0n) is 32.0. The minimum atomic E-state index is -1.02. The van der Waals surface area contributed by atoms with E-state index in [4.69, 9.17) is 9.47 Å². The van der Waals surface area contributed by atoms with Gasteiger partial charge in [0, 0.05) is 19.5 Å². The minimum absolute atomic E-state index is 0.0182. The first kappa shape index (κ1) is 41.6. The van der Waals surface area contributed by atoms with Crippen molar-refractivity contribution in [2.75, 3.05) is 46.1 Å². The number of ketones is 1. The summed E-state index contributed by atoms with van der Waals surface area (Å²) in [6.07, 6.45) is 1.80. The lowest BCUT2D eigenvalue weighted by Crippen LogP contribution is -2.60. The molecule has 0 aromatic heterocycles. The number of carbonyl (C=O) groups excluding carboxylic acids is 5. The van der Waals surface area contributed by atoms with Crippen LogP contribution in [0.25, 0.3) is 0 Å². The summed E-state index contributed by atoms with van der Waals surface area (Å²) in [5.41, 5.74) is 1.17. The number of nitrogens with one attached hydrogen (secondary N) is 4. The zero-order chi connectivity index (χ0) is 38.4. The van der Waals surface area contributed by atoms with Crippen LogP contribution in [0.2, 0.25) is 0 Å². The Morgan fingerprint density at radius 3 is 1.74 bits per heavy atom. The maximum Gasteiger partial charge on any atom is 0.243 e. The van der Waals surface area contributed by atoms with Crippen LogP contribution in [-0.4, -0.2) is 105 Å². The van der Waals surface area contributed by atoms with Crippen molar-refractivity contribution in [3.8, 4) is 0 Å². The molecule has 2 heterocycles. The van der Waals surface area contributed by atoms with Gasteiger partial charge >= 0.3 is 0 Å². The van der Waals surface area contributed by atoms with E-state index in [1.165, 1.54) is 0 Å². The number of Topliss-reactive ketones (excluding diaryl/α,β-unsaturated/α-hetero) is 1. The van der Waals surface area contributed by atoms with Crippen molar-refractivity contribution in [1.29, 1.82) is 0 Å². The maximum atomic E-state index is 14.1. The highest BCUT2D eigenvalue weighted by Gasteiger charge is 2.45. The molecule has 12 nitrogen and oxygen atoms in total. The molecule has 4 N–H and O–H groups in total. The Hall–Kier alpha value is -4.13. The number of aryl methyl sites for hydroxylation is 1. The molecule has 2 aliphatic heterocycles. The summed E-state index contributed by atoms with van der Waals surface area (Å²) in [5, 5.41) is 11.7. The van der Waals surface area contributed by atoms with E-state index in [0.29, 0.717) is 65.2 Å². The molecule has 2 aromatic carbocycles. The number of benzene rings is 2. The molecular formula is C41H59N5O7. The molecule has 290 valence electrons. The first-order valence-corrected chi connectivity index (χ1v) is 19.0. The zero-order valence-corrected chi connectivity index (χ0v) is 32.0. The number of nitrogens with zero attached hydrogens (tertiary/aromatic N) is 1. The Bertz CT molecular complexity index is 1490. The van der Waals surface area contributed by atoms with Gasteiger partial charge in [0.1, 0.15) is 18.1 Å². The third-order valence-electron chi connectivity index (χ3n) is 9.72. The Morgan fingerprint density at radius 2 is 1.17 bits per heavy atom. The Morgan fingerprint density at radius 1 is 0.660 bits per heavy atom. The average Bonchev–Trinajstić information content (AvgIpc) is 3.12. The van der Waals surface area contributed by atoms with Gasteiger partial charge in [-0.1, -0.05) is 88.4 Å². The number of carbonyl (C=O) groups is 5. The molecule has 2 fully saturated rings. The molecule has 0 spiro atoms. The summed E-state index contributed by atoms with van der Waals surface area (Å²) in [4.78, 5) is 70.9. The number of morpholine rings is 1. The van der Waals surface area contributed by atoms with Gasteiger partial charge in [0.25, 0.3) is 0 Å². The molecule has 53 heavy (non-hydrogen) atoms. The highest BCUT2D eigenvalue weighted by atomic mass is 16.5. The Balaban J connectivity index is 1.52. The van der Waals surface area contributed by atoms with E-state index in [1.54, 1.807) is 0 Å². The lowest BCUT2D eigenvalue weighted by atomic mass is 9.78. The second-order valence-electron chi connectivity index (χ2n) is 15.6. The van der Waals surface area contributed by atoms with Crippen LogP contribution in [0, 0.1) is 17.3 Å². The normalized spacial score (nSPS) is 17.9. The number of rotatable bonds is 20. The van der Waals surface area contributed by atoms with E-state index in [0.717, 1.165) is 11.1 Å². The van der Waals surface area contributed by atoms with Gasteiger partial charge in [-0.3, -0.25) is 28.9 Å². The first-order chi connectivity index (χ1) is 25.3. The number of ether oxygens (including phenoxy) is 2. The highest BCUT2D eigenvalue weighted by Crippen LogP contribution is 2.30. The maximum absolute atomic E-state index is 14.1. The molecule has 0 aliphatic carbocycles. The number of hydrogen-bond donors (Lipinski definition) is 4. The van der Waals surface area contributed by atoms with Crippen LogP contribution in [-0.2, 0) is 46.3 Å². The Labute approximate surface area is 314 Å². The fourth-order valence-electron chi connectivity index (χ4n) is 6.68. The summed E-state index contributed by atoms with van der Waals surface area (Å²) in [6.45, 7) is 12.8. The van der Waals surface area contributed by atoms with Gasteiger partial charge in [-0.05, 0) is 55.6 Å². The highest BCUT2D eigenvalue weighted by molar-refractivity contribution is 5.97. The molecule has 2 aliphatic rings. The largest absolute Gasteiger partial charge is 0.379 e. The van der Waals surface area contributed by atoms with E-state index in [9.17, 15) is 24.0 Å². The van der Waals surface area contributed by atoms with Crippen molar-refractivity contribution in [3.05, 3.63) is 71.8 Å². The predicted octanol–water partition coefficient (Wildman–Crippen LogP) is 2.83. The predicted molar refractivity (Wildman–Crippen MR) is 203 cm³/mol. The molecule has 2 aromatic rings. The van der Waals surface area contributed by atoms with Crippen LogP contribution < -0.4 is 21.3 Å².